The summed E-state index contributed by atoms with van der Waals surface area (Å²) in [5.74, 6) is 0.595. The molecule has 10 rings (SSSR count). The minimum Gasteiger partial charge on any atom is -0.462 e. The number of likely N-dealkylation sites (tertiary alicyclic amines) is 2. The number of amides is 2. The van der Waals surface area contributed by atoms with E-state index in [1.807, 2.05) is 29.0 Å². The largest absolute Gasteiger partial charge is 0.462 e. The molecule has 1 aromatic carbocycles. The molecule has 6 aliphatic heterocycles. The van der Waals surface area contributed by atoms with Gasteiger partial charge in [-0.25, -0.2) is 9.37 Å². The number of alkyl halides is 3. The molecule has 0 spiro atoms. The Morgan fingerprint density at radius 1 is 0.744 bits per heavy atom. The standard InChI is InChI=1S/C55H65F4N15O4/c1-5-49(76)74-25-23-72(30-39(74)13-17-61)52-43-15-21-70(32-46(43)64-53(65-52)77-33-40-8-7-19-67(40)3)48-27-36(10-11-44(48)56)37-26-41(68(4)28-37)34-78-54-63-45-31-69(47-9-6-18-62-50(47)55(57,58)59)20-14-42(45)51(66-54)71-22-24-73(35(2)75)38(29-71)12-16-60/h5-6,9-11,18,27,37-41H,1,7-8,12-15,19-26,28-34H2,2-4H3/t37?,38?,39?,40-,41-/m0/s1. The lowest BCUT2D eigenvalue weighted by Gasteiger charge is -2.42. The van der Waals surface area contributed by atoms with Crippen molar-refractivity contribution in [2.45, 2.75) is 101 Å². The third-order valence-electron chi connectivity index (χ3n) is 16.5. The maximum Gasteiger partial charge on any atom is 0.435 e. The highest BCUT2D eigenvalue weighted by Crippen LogP contribution is 2.40. The van der Waals surface area contributed by atoms with E-state index in [-0.39, 0.29) is 98.0 Å². The lowest BCUT2D eigenvalue weighted by Crippen LogP contribution is -2.55. The van der Waals surface area contributed by atoms with Crippen LogP contribution in [0.5, 0.6) is 12.0 Å². The molecular weight excluding hydrogens is 1010 g/mol. The number of carbonyl (C=O) groups is 2. The van der Waals surface area contributed by atoms with Crippen molar-refractivity contribution in [2.75, 3.05) is 112 Å². The van der Waals surface area contributed by atoms with Crippen LogP contribution in [-0.2, 0) is 41.7 Å². The Bertz CT molecular complexity index is 2990. The molecule has 6 aliphatic rings. The number of halogens is 4. The molecule has 0 N–H and O–H groups in total. The van der Waals surface area contributed by atoms with E-state index in [1.54, 1.807) is 14.7 Å². The number of nitrogens with zero attached hydrogens (tertiary/aromatic N) is 15. The number of pyridine rings is 1. The Labute approximate surface area is 451 Å². The van der Waals surface area contributed by atoms with Gasteiger partial charge in [-0.3, -0.25) is 14.5 Å². The summed E-state index contributed by atoms with van der Waals surface area (Å²) in [6.45, 7) is 10.9. The van der Waals surface area contributed by atoms with Gasteiger partial charge in [-0.2, -0.15) is 43.6 Å². The molecule has 0 bridgehead atoms. The molecule has 9 heterocycles. The second-order valence-corrected chi connectivity index (χ2v) is 21.2. The molecule has 412 valence electrons. The van der Waals surface area contributed by atoms with Gasteiger partial charge in [0.15, 0.2) is 5.69 Å². The molecule has 0 aliphatic carbocycles. The molecule has 23 heteroatoms. The van der Waals surface area contributed by atoms with E-state index in [0.717, 1.165) is 48.0 Å². The van der Waals surface area contributed by atoms with E-state index < -0.39 is 11.9 Å². The van der Waals surface area contributed by atoms with Crippen LogP contribution < -0.4 is 29.1 Å². The van der Waals surface area contributed by atoms with Gasteiger partial charge in [-0.15, -0.1) is 0 Å². The van der Waals surface area contributed by atoms with Crippen molar-refractivity contribution in [3.8, 4) is 24.2 Å². The Morgan fingerprint density at radius 3 is 1.92 bits per heavy atom. The van der Waals surface area contributed by atoms with E-state index in [9.17, 15) is 33.3 Å². The van der Waals surface area contributed by atoms with E-state index >= 15 is 4.39 Å². The molecule has 0 saturated carbocycles. The highest BCUT2D eigenvalue weighted by Gasteiger charge is 2.40. The van der Waals surface area contributed by atoms with Gasteiger partial charge in [-0.05, 0) is 94.6 Å². The summed E-state index contributed by atoms with van der Waals surface area (Å²) < 4.78 is 71.6. The first-order valence-corrected chi connectivity index (χ1v) is 26.8. The lowest BCUT2D eigenvalue weighted by atomic mass is 9.95. The topological polar surface area (TPSA) is 191 Å². The van der Waals surface area contributed by atoms with Crippen LogP contribution in [0.25, 0.3) is 0 Å². The monoisotopic (exact) mass is 1080 g/mol. The second kappa shape index (κ2) is 22.9. The first-order chi connectivity index (χ1) is 37.6. The van der Waals surface area contributed by atoms with Gasteiger partial charge >= 0.3 is 18.2 Å². The zero-order chi connectivity index (χ0) is 54.8. The number of benzene rings is 1. The van der Waals surface area contributed by atoms with Crippen LogP contribution in [0.2, 0.25) is 0 Å². The molecule has 0 radical (unpaired) electrons. The van der Waals surface area contributed by atoms with Gasteiger partial charge in [0.05, 0.1) is 72.9 Å². The number of hydrogen-bond acceptors (Lipinski definition) is 17. The number of anilines is 4. The molecular formula is C55H65F4N15O4. The van der Waals surface area contributed by atoms with Crippen molar-refractivity contribution in [3.63, 3.8) is 0 Å². The Kier molecular flexibility index (Phi) is 15.9. The summed E-state index contributed by atoms with van der Waals surface area (Å²) in [5.41, 5.74) is 3.37. The second-order valence-electron chi connectivity index (χ2n) is 21.2. The summed E-state index contributed by atoms with van der Waals surface area (Å²) in [6, 6.07) is 12.3. The quantitative estimate of drug-likeness (QED) is 0.116. The smallest absolute Gasteiger partial charge is 0.435 e. The average Bonchev–Trinajstić information content (AvgIpc) is 4.10. The van der Waals surface area contributed by atoms with Gasteiger partial charge in [0, 0.05) is 95.2 Å². The molecule has 4 saturated heterocycles. The summed E-state index contributed by atoms with van der Waals surface area (Å²) in [6.07, 6.45) is 1.64. The Balaban J connectivity index is 0.871. The lowest BCUT2D eigenvalue weighted by molar-refractivity contribution is -0.140. The number of fused-ring (bicyclic) bond motifs is 2. The van der Waals surface area contributed by atoms with Crippen LogP contribution >= 0.6 is 0 Å². The fraction of sp³-hybridized carbons (Fsp3) is 0.545. The van der Waals surface area contributed by atoms with Crippen molar-refractivity contribution >= 4 is 34.8 Å². The van der Waals surface area contributed by atoms with Gasteiger partial charge in [0.25, 0.3) is 0 Å². The molecule has 2 amide bonds. The van der Waals surface area contributed by atoms with Gasteiger partial charge in [-0.1, -0.05) is 12.6 Å². The predicted octanol–water partition coefficient (Wildman–Crippen LogP) is 5.35. The number of ether oxygens (including phenoxy) is 2. The zero-order valence-corrected chi connectivity index (χ0v) is 44.3. The van der Waals surface area contributed by atoms with Crippen LogP contribution in [0.4, 0.5) is 40.6 Å². The van der Waals surface area contributed by atoms with Crippen LogP contribution in [0.3, 0.4) is 0 Å². The van der Waals surface area contributed by atoms with E-state index in [0.29, 0.717) is 108 Å². The minimum atomic E-state index is -4.67. The van der Waals surface area contributed by atoms with Crippen molar-refractivity contribution < 1.29 is 36.6 Å². The van der Waals surface area contributed by atoms with Gasteiger partial charge in [0.1, 0.15) is 30.7 Å². The average molecular weight is 1080 g/mol. The summed E-state index contributed by atoms with van der Waals surface area (Å²) in [5, 5.41) is 19.4. The minimum absolute atomic E-state index is 0.0150. The fourth-order valence-electron chi connectivity index (χ4n) is 12.3. The van der Waals surface area contributed by atoms with E-state index in [2.05, 4.69) is 45.4 Å². The number of aromatic nitrogens is 5. The maximum atomic E-state index is 16.2. The number of rotatable bonds is 14. The summed E-state index contributed by atoms with van der Waals surface area (Å²) >= 11 is 0. The fourth-order valence-corrected chi connectivity index (χ4v) is 12.3. The van der Waals surface area contributed by atoms with Crippen molar-refractivity contribution in [3.05, 3.63) is 88.8 Å². The van der Waals surface area contributed by atoms with Crippen LogP contribution in [0.15, 0.2) is 49.2 Å². The number of piperazine rings is 2. The predicted molar refractivity (Wildman–Crippen MR) is 281 cm³/mol. The molecule has 19 nitrogen and oxygen atoms in total. The molecule has 3 unspecified atom stereocenters. The van der Waals surface area contributed by atoms with Crippen LogP contribution in [-0.4, -0.2) is 173 Å². The number of carbonyl (C=O) groups excluding carboxylic acids is 2. The first-order valence-electron chi connectivity index (χ1n) is 26.8. The maximum absolute atomic E-state index is 16.2. The summed E-state index contributed by atoms with van der Waals surface area (Å²) in [4.78, 5) is 64.4. The number of hydrogen-bond donors (Lipinski definition) is 0. The van der Waals surface area contributed by atoms with Crippen molar-refractivity contribution in [1.29, 1.82) is 10.5 Å². The summed E-state index contributed by atoms with van der Waals surface area (Å²) in [7, 11) is 4.09. The molecule has 4 aromatic rings. The third kappa shape index (κ3) is 11.3. The third-order valence-corrected chi connectivity index (χ3v) is 16.5. The highest BCUT2D eigenvalue weighted by molar-refractivity contribution is 5.87. The zero-order valence-electron chi connectivity index (χ0n) is 44.3. The van der Waals surface area contributed by atoms with Crippen LogP contribution in [0, 0.1) is 28.5 Å². The van der Waals surface area contributed by atoms with Gasteiger partial charge < -0.3 is 43.8 Å². The van der Waals surface area contributed by atoms with Gasteiger partial charge in [0.2, 0.25) is 11.8 Å². The molecule has 5 atom stereocenters. The van der Waals surface area contributed by atoms with Crippen LogP contribution in [0.1, 0.15) is 78.7 Å². The van der Waals surface area contributed by atoms with Crippen molar-refractivity contribution in [1.82, 2.24) is 44.5 Å². The van der Waals surface area contributed by atoms with Crippen molar-refractivity contribution in [2.24, 2.45) is 0 Å². The Morgan fingerprint density at radius 2 is 1.35 bits per heavy atom. The van der Waals surface area contributed by atoms with E-state index in [4.69, 9.17) is 29.4 Å². The number of likely N-dealkylation sites (N-methyl/N-ethyl adjacent to an activating group) is 2. The Hall–Kier alpha value is -7.37. The van der Waals surface area contributed by atoms with E-state index in [1.165, 1.54) is 31.2 Å². The number of nitriles is 2. The molecule has 4 fully saturated rings. The SMILES string of the molecule is C=CC(=O)N1CCN(c2nc(OC[C@@H]3CCCN3C)nc3c2CCN(c2cc(C4C[C@@H](COc5nc6c(c(N7CCN(C(C)=O)C(CC#N)C7)n5)CCN(c5cccnc5C(F)(F)F)C6)N(C)C4)ccc2F)C3)CC1CC#N. The first kappa shape index (κ1) is 54.0. The molecule has 78 heavy (non-hydrogen) atoms. The molecule has 3 aromatic heterocycles. The normalized spacial score (nSPS) is 22.9. The highest BCUT2D eigenvalue weighted by atomic mass is 19.4.